The van der Waals surface area contributed by atoms with Crippen molar-refractivity contribution in [3.8, 4) is 5.75 Å². The number of nitrogens with zero attached hydrogens (tertiary/aromatic N) is 4. The van der Waals surface area contributed by atoms with Gasteiger partial charge in [-0.2, -0.15) is 0 Å². The fraction of sp³-hybridized carbons (Fsp3) is 0.318. The van der Waals surface area contributed by atoms with Crippen LogP contribution in [-0.2, 0) is 15.6 Å². The van der Waals surface area contributed by atoms with Gasteiger partial charge in [0.25, 0.3) is 0 Å². The van der Waals surface area contributed by atoms with Crippen LogP contribution in [0.15, 0.2) is 47.7 Å². The van der Waals surface area contributed by atoms with E-state index in [9.17, 15) is 8.42 Å². The highest BCUT2D eigenvalue weighted by Gasteiger charge is 2.56. The number of anilines is 2. The summed E-state index contributed by atoms with van der Waals surface area (Å²) < 4.78 is 47.5. The molecule has 3 N–H and O–H groups in total. The maximum Gasteiger partial charge on any atom is 0.242 e. The molecule has 2 aliphatic rings. The van der Waals surface area contributed by atoms with E-state index in [0.29, 0.717) is 47.4 Å². The van der Waals surface area contributed by atoms with Gasteiger partial charge in [0.15, 0.2) is 0 Å². The van der Waals surface area contributed by atoms with Gasteiger partial charge in [0.2, 0.25) is 16.0 Å². The van der Waals surface area contributed by atoms with Crippen LogP contribution in [0, 0.1) is 5.82 Å². The van der Waals surface area contributed by atoms with Gasteiger partial charge in [0, 0.05) is 30.6 Å². The summed E-state index contributed by atoms with van der Waals surface area (Å²) in [5, 5.41) is 2.39. The Bertz CT molecular complexity index is 1400. The smallest absolute Gasteiger partial charge is 0.242 e. The van der Waals surface area contributed by atoms with Gasteiger partial charge in [-0.25, -0.2) is 27.1 Å². The van der Waals surface area contributed by atoms with E-state index in [1.807, 2.05) is 0 Å². The Morgan fingerprint density at radius 1 is 1.27 bits per heavy atom. The first-order valence-corrected chi connectivity index (χ1v) is 12.0. The predicted molar refractivity (Wildman–Crippen MR) is 123 cm³/mol. The number of methoxy groups -OCH3 is 1. The summed E-state index contributed by atoms with van der Waals surface area (Å²) in [5.41, 5.74) is 7.40. The minimum absolute atomic E-state index is 0.135. The standard InChI is InChI=1S/C22H23FN6O3S/c1-29-21(24)28-22(8-3-4-19(22)33(29,30)31)15-10-13(5-6-16(15)23)27-17-7-9-25-18-11-14(32-2)12-26-20(17)18/h5-7,9-12,19H,3-4,8H2,1-2H3,(H2,24,28)(H,25,27)/t19-,22-/m1/s1. The number of nitrogens with two attached hydrogens (primary N) is 1. The lowest BCUT2D eigenvalue weighted by Crippen LogP contribution is -2.55. The lowest BCUT2D eigenvalue weighted by atomic mass is 9.87. The zero-order valence-corrected chi connectivity index (χ0v) is 18.9. The molecule has 0 unspecified atom stereocenters. The summed E-state index contributed by atoms with van der Waals surface area (Å²) in [6.07, 6.45) is 4.61. The van der Waals surface area contributed by atoms with Crippen LogP contribution in [0.5, 0.6) is 5.75 Å². The SMILES string of the molecule is COc1cnc2c(Nc3ccc(F)c([C@]45CCC[C@H]4S(=O)(=O)N(C)C(N)=N5)c3)ccnc2c1. The highest BCUT2D eigenvalue weighted by Crippen LogP contribution is 2.50. The van der Waals surface area contributed by atoms with Crippen molar-refractivity contribution in [3.05, 3.63) is 54.1 Å². The molecule has 0 amide bonds. The summed E-state index contributed by atoms with van der Waals surface area (Å²) in [6.45, 7) is 0. The van der Waals surface area contributed by atoms with Crippen LogP contribution in [0.1, 0.15) is 24.8 Å². The van der Waals surface area contributed by atoms with Gasteiger partial charge in [0.1, 0.15) is 27.9 Å². The third kappa shape index (κ3) is 3.26. The Hall–Kier alpha value is -3.47. The van der Waals surface area contributed by atoms with Gasteiger partial charge >= 0.3 is 0 Å². The van der Waals surface area contributed by atoms with Crippen molar-refractivity contribution in [1.82, 2.24) is 14.3 Å². The third-order valence-electron chi connectivity index (χ3n) is 6.43. The van der Waals surface area contributed by atoms with E-state index in [2.05, 4.69) is 20.3 Å². The normalized spacial score (nSPS) is 23.8. The van der Waals surface area contributed by atoms with Gasteiger partial charge in [-0.05, 0) is 43.5 Å². The second kappa shape index (κ2) is 7.55. The molecule has 1 aromatic carbocycles. The van der Waals surface area contributed by atoms with Crippen molar-refractivity contribution in [3.63, 3.8) is 0 Å². The maximum atomic E-state index is 15.2. The average molecular weight is 471 g/mol. The van der Waals surface area contributed by atoms with Crippen molar-refractivity contribution in [2.24, 2.45) is 10.7 Å². The van der Waals surface area contributed by atoms with Crippen LogP contribution in [0.4, 0.5) is 15.8 Å². The van der Waals surface area contributed by atoms with E-state index in [0.717, 1.165) is 4.31 Å². The van der Waals surface area contributed by atoms with Crippen LogP contribution in [-0.4, -0.2) is 48.1 Å². The fourth-order valence-electron chi connectivity index (χ4n) is 4.76. The second-order valence-electron chi connectivity index (χ2n) is 8.21. The van der Waals surface area contributed by atoms with Gasteiger partial charge in [-0.3, -0.25) is 4.98 Å². The molecule has 33 heavy (non-hydrogen) atoms. The van der Waals surface area contributed by atoms with Crippen LogP contribution in [0.2, 0.25) is 0 Å². The maximum absolute atomic E-state index is 15.2. The largest absolute Gasteiger partial charge is 0.495 e. The zero-order valence-electron chi connectivity index (χ0n) is 18.1. The molecular weight excluding hydrogens is 447 g/mol. The van der Waals surface area contributed by atoms with E-state index in [-0.39, 0.29) is 11.5 Å². The molecule has 1 aliphatic heterocycles. The van der Waals surface area contributed by atoms with Crippen LogP contribution < -0.4 is 15.8 Å². The number of aliphatic imine (C=N–C) groups is 1. The minimum Gasteiger partial charge on any atom is -0.495 e. The van der Waals surface area contributed by atoms with Crippen LogP contribution in [0.25, 0.3) is 11.0 Å². The molecule has 0 saturated heterocycles. The molecule has 3 heterocycles. The minimum atomic E-state index is -3.76. The molecule has 1 aliphatic carbocycles. The number of nitrogens with one attached hydrogen (secondary N) is 1. The van der Waals surface area contributed by atoms with Gasteiger partial charge in [0.05, 0.1) is 24.5 Å². The summed E-state index contributed by atoms with van der Waals surface area (Å²) in [4.78, 5) is 13.3. The lowest BCUT2D eigenvalue weighted by Gasteiger charge is -2.39. The number of rotatable bonds is 4. The fourth-order valence-corrected chi connectivity index (χ4v) is 6.70. The molecule has 9 nitrogen and oxygen atoms in total. The van der Waals surface area contributed by atoms with E-state index >= 15 is 4.39 Å². The molecule has 0 bridgehead atoms. The Labute approximate surface area is 190 Å². The highest BCUT2D eigenvalue weighted by atomic mass is 32.2. The lowest BCUT2D eigenvalue weighted by molar-refractivity contribution is 0.399. The van der Waals surface area contributed by atoms with Crippen LogP contribution in [0.3, 0.4) is 0 Å². The number of pyridine rings is 2. The Morgan fingerprint density at radius 3 is 2.88 bits per heavy atom. The highest BCUT2D eigenvalue weighted by molar-refractivity contribution is 7.90. The monoisotopic (exact) mass is 470 g/mol. The molecule has 1 saturated carbocycles. The molecular formula is C22H23FN6O3S. The van der Waals surface area contributed by atoms with Crippen LogP contribution >= 0.6 is 0 Å². The van der Waals surface area contributed by atoms with E-state index in [4.69, 9.17) is 10.5 Å². The summed E-state index contributed by atoms with van der Waals surface area (Å²) >= 11 is 0. The Morgan fingerprint density at radius 2 is 2.09 bits per heavy atom. The van der Waals surface area contributed by atoms with Crippen molar-refractivity contribution in [2.75, 3.05) is 19.5 Å². The number of sulfonamides is 1. The molecule has 0 radical (unpaired) electrons. The quantitative estimate of drug-likeness (QED) is 0.601. The van der Waals surface area contributed by atoms with E-state index in [1.165, 1.54) is 13.1 Å². The first-order chi connectivity index (χ1) is 15.8. The molecule has 0 spiro atoms. The van der Waals surface area contributed by atoms with Gasteiger partial charge in [-0.15, -0.1) is 0 Å². The van der Waals surface area contributed by atoms with Crippen molar-refractivity contribution in [1.29, 1.82) is 0 Å². The molecule has 172 valence electrons. The Balaban J connectivity index is 1.60. The van der Waals surface area contributed by atoms with Crippen molar-refractivity contribution < 1.29 is 17.5 Å². The first kappa shape index (κ1) is 21.4. The van der Waals surface area contributed by atoms with E-state index in [1.54, 1.807) is 43.8 Å². The second-order valence-corrected chi connectivity index (χ2v) is 10.4. The summed E-state index contributed by atoms with van der Waals surface area (Å²) in [7, 11) is -0.827. The summed E-state index contributed by atoms with van der Waals surface area (Å²) in [5.74, 6) is -0.0723. The topological polar surface area (TPSA) is 123 Å². The molecule has 2 aromatic heterocycles. The van der Waals surface area contributed by atoms with Crippen molar-refractivity contribution in [2.45, 2.75) is 30.1 Å². The van der Waals surface area contributed by atoms with Gasteiger partial charge < -0.3 is 15.8 Å². The predicted octanol–water partition coefficient (Wildman–Crippen LogP) is 2.86. The number of guanidine groups is 1. The molecule has 1 fully saturated rings. The number of hydrogen-bond donors (Lipinski definition) is 2. The third-order valence-corrected chi connectivity index (χ3v) is 8.73. The molecule has 3 aromatic rings. The van der Waals surface area contributed by atoms with E-state index < -0.39 is 26.6 Å². The Kier molecular flexibility index (Phi) is 4.89. The summed E-state index contributed by atoms with van der Waals surface area (Å²) in [6, 6.07) is 8.05. The number of ether oxygens (including phenoxy) is 1. The number of halogens is 1. The zero-order chi connectivity index (χ0) is 23.4. The number of hydrogen-bond acceptors (Lipinski definition) is 8. The molecule has 2 atom stereocenters. The van der Waals surface area contributed by atoms with Crippen molar-refractivity contribution >= 4 is 38.4 Å². The number of benzene rings is 1. The number of fused-ring (bicyclic) bond motifs is 2. The first-order valence-electron chi connectivity index (χ1n) is 10.4. The average Bonchev–Trinajstić information content (AvgIpc) is 3.24. The molecule has 11 heteroatoms. The molecule has 5 rings (SSSR count). The number of aromatic nitrogens is 2. The van der Waals surface area contributed by atoms with Gasteiger partial charge in [-0.1, -0.05) is 0 Å².